The van der Waals surface area contributed by atoms with Gasteiger partial charge in [0, 0.05) is 12.0 Å². The van der Waals surface area contributed by atoms with Crippen LogP contribution >= 0.6 is 0 Å². The molecule has 0 spiro atoms. The zero-order valence-corrected chi connectivity index (χ0v) is 13.0. The third-order valence-electron chi connectivity index (χ3n) is 4.27. The van der Waals surface area contributed by atoms with Gasteiger partial charge in [0.15, 0.2) is 6.10 Å². The molecular weight excluding hydrogens is 395 g/mol. The number of hydrogen-bond donors (Lipinski definition) is 2. The summed E-state index contributed by atoms with van der Waals surface area (Å²) in [6.45, 7) is 0. The fourth-order valence-electron chi connectivity index (χ4n) is 3.05. The van der Waals surface area contributed by atoms with Crippen LogP contribution in [0, 0.1) is 11.3 Å². The van der Waals surface area contributed by atoms with Gasteiger partial charge >= 0.3 is 18.5 Å². The SMILES string of the molecule is N#Cc1ccc(C2C[C@@H]([C@H](O)C(F)(F)F)N[C@H]2C(F)(F)F)cc1C(F)(F)F. The van der Waals surface area contributed by atoms with Crippen molar-refractivity contribution in [3.05, 3.63) is 34.9 Å². The van der Waals surface area contributed by atoms with Gasteiger partial charge in [0.25, 0.3) is 0 Å². The van der Waals surface area contributed by atoms with E-state index in [0.29, 0.717) is 12.1 Å². The second kappa shape index (κ2) is 6.87. The smallest absolute Gasteiger partial charge is 0.382 e. The Morgan fingerprint density at radius 3 is 2.11 bits per heavy atom. The highest BCUT2D eigenvalue weighted by atomic mass is 19.4. The van der Waals surface area contributed by atoms with E-state index in [9.17, 15) is 44.6 Å². The largest absolute Gasteiger partial charge is 0.417 e. The standard InChI is InChI=1S/C15H11F9N2O/c16-13(17,18)9-3-6(1-2-7(9)5-25)8-4-10(12(27)15(22,23)24)26-11(8)14(19,20)21/h1-3,8,10-12,26-27H,4H2/t8?,10-,11+,12-/m0/s1. The van der Waals surface area contributed by atoms with E-state index in [0.717, 1.165) is 6.07 Å². The minimum atomic E-state index is -5.20. The van der Waals surface area contributed by atoms with Gasteiger partial charge in [0.2, 0.25) is 0 Å². The molecule has 150 valence electrons. The molecule has 3 nitrogen and oxygen atoms in total. The highest BCUT2D eigenvalue weighted by molar-refractivity contribution is 5.43. The van der Waals surface area contributed by atoms with Crippen molar-refractivity contribution < 1.29 is 44.6 Å². The normalized spacial score (nSPS) is 25.3. The van der Waals surface area contributed by atoms with Gasteiger partial charge in [-0.1, -0.05) is 6.07 Å². The number of hydrogen-bond acceptors (Lipinski definition) is 3. The topological polar surface area (TPSA) is 56.0 Å². The molecule has 0 aromatic heterocycles. The molecule has 12 heteroatoms. The molecule has 0 saturated carbocycles. The van der Waals surface area contributed by atoms with E-state index in [1.807, 2.05) is 0 Å². The van der Waals surface area contributed by atoms with Crippen molar-refractivity contribution in [3.8, 4) is 6.07 Å². The number of benzene rings is 1. The van der Waals surface area contributed by atoms with Crippen molar-refractivity contribution in [1.29, 1.82) is 5.26 Å². The van der Waals surface area contributed by atoms with Gasteiger partial charge in [-0.05, 0) is 24.1 Å². The number of rotatable bonds is 2. The predicted octanol–water partition coefficient (Wildman–Crippen LogP) is 3.88. The van der Waals surface area contributed by atoms with E-state index in [1.165, 1.54) is 6.07 Å². The number of halogens is 9. The highest BCUT2D eigenvalue weighted by Crippen LogP contribution is 2.43. The molecule has 1 unspecified atom stereocenters. The fourth-order valence-corrected chi connectivity index (χ4v) is 3.05. The minimum Gasteiger partial charge on any atom is -0.382 e. The van der Waals surface area contributed by atoms with E-state index in [2.05, 4.69) is 0 Å². The van der Waals surface area contributed by atoms with Gasteiger partial charge in [-0.25, -0.2) is 0 Å². The van der Waals surface area contributed by atoms with Crippen molar-refractivity contribution in [3.63, 3.8) is 0 Å². The molecule has 1 aliphatic heterocycles. The first-order chi connectivity index (χ1) is 12.2. The van der Waals surface area contributed by atoms with Crippen molar-refractivity contribution in [1.82, 2.24) is 5.32 Å². The number of nitriles is 1. The molecule has 2 rings (SSSR count). The van der Waals surface area contributed by atoms with Crippen molar-refractivity contribution in [2.75, 3.05) is 0 Å². The van der Waals surface area contributed by atoms with Crippen molar-refractivity contribution in [2.24, 2.45) is 0 Å². The van der Waals surface area contributed by atoms with Gasteiger partial charge in [-0.2, -0.15) is 44.8 Å². The number of nitrogens with one attached hydrogen (secondary N) is 1. The Hall–Kier alpha value is -2.00. The lowest BCUT2D eigenvalue weighted by Crippen LogP contribution is -2.50. The summed E-state index contributed by atoms with van der Waals surface area (Å²) in [6.07, 6.45) is -19.3. The highest BCUT2D eigenvalue weighted by Gasteiger charge is 2.55. The Balaban J connectivity index is 2.47. The quantitative estimate of drug-likeness (QED) is 0.734. The number of aliphatic hydroxyl groups excluding tert-OH is 1. The third kappa shape index (κ3) is 4.47. The first-order valence-electron chi connectivity index (χ1n) is 7.35. The summed E-state index contributed by atoms with van der Waals surface area (Å²) in [5, 5.41) is 19.6. The average molecular weight is 406 g/mol. The molecule has 1 aromatic carbocycles. The van der Waals surface area contributed by atoms with Crippen LogP contribution in [-0.4, -0.2) is 35.6 Å². The average Bonchev–Trinajstić information content (AvgIpc) is 2.97. The molecule has 1 saturated heterocycles. The molecule has 0 radical (unpaired) electrons. The zero-order chi connectivity index (χ0) is 20.8. The molecule has 2 N–H and O–H groups in total. The van der Waals surface area contributed by atoms with Gasteiger partial charge in [0.05, 0.1) is 17.2 Å². The number of nitrogens with zero attached hydrogens (tertiary/aromatic N) is 1. The number of aliphatic hydroxyl groups is 1. The molecular formula is C15H11F9N2O. The third-order valence-corrected chi connectivity index (χ3v) is 4.27. The summed E-state index contributed by atoms with van der Waals surface area (Å²) in [5.41, 5.74) is -2.84. The zero-order valence-electron chi connectivity index (χ0n) is 13.0. The van der Waals surface area contributed by atoms with Crippen LogP contribution in [0.5, 0.6) is 0 Å². The van der Waals surface area contributed by atoms with Crippen molar-refractivity contribution >= 4 is 0 Å². The Morgan fingerprint density at radius 2 is 1.67 bits per heavy atom. The summed E-state index contributed by atoms with van der Waals surface area (Å²) < 4.78 is 117. The lowest BCUT2D eigenvalue weighted by molar-refractivity contribution is -0.213. The van der Waals surface area contributed by atoms with Crippen LogP contribution in [0.25, 0.3) is 0 Å². The van der Waals surface area contributed by atoms with E-state index >= 15 is 0 Å². The molecule has 0 bridgehead atoms. The van der Waals surface area contributed by atoms with Crippen LogP contribution < -0.4 is 5.32 Å². The number of alkyl halides is 9. The van der Waals surface area contributed by atoms with Gasteiger partial charge in [0.1, 0.15) is 6.04 Å². The molecule has 27 heavy (non-hydrogen) atoms. The maximum absolute atomic E-state index is 13.2. The summed E-state index contributed by atoms with van der Waals surface area (Å²) >= 11 is 0. The second-order valence-electron chi connectivity index (χ2n) is 6.04. The molecule has 1 aliphatic rings. The maximum atomic E-state index is 13.2. The summed E-state index contributed by atoms with van der Waals surface area (Å²) in [4.78, 5) is 0. The van der Waals surface area contributed by atoms with Crippen molar-refractivity contribution in [2.45, 2.75) is 49.1 Å². The monoisotopic (exact) mass is 406 g/mol. The van der Waals surface area contributed by atoms with Gasteiger partial charge < -0.3 is 5.11 Å². The van der Waals surface area contributed by atoms with E-state index in [1.54, 1.807) is 5.32 Å². The first kappa shape index (κ1) is 21.3. The maximum Gasteiger partial charge on any atom is 0.417 e. The van der Waals surface area contributed by atoms with Gasteiger partial charge in [-0.3, -0.25) is 5.32 Å². The summed E-state index contributed by atoms with van der Waals surface area (Å²) in [7, 11) is 0. The fraction of sp³-hybridized carbons (Fsp3) is 0.533. The van der Waals surface area contributed by atoms with E-state index < -0.39 is 65.7 Å². The van der Waals surface area contributed by atoms with Crippen LogP contribution in [0.3, 0.4) is 0 Å². The van der Waals surface area contributed by atoms with Crippen LogP contribution in [0.4, 0.5) is 39.5 Å². The van der Waals surface area contributed by atoms with Crippen LogP contribution in [-0.2, 0) is 6.18 Å². The summed E-state index contributed by atoms with van der Waals surface area (Å²) in [6, 6.07) is -1.55. The lowest BCUT2D eigenvalue weighted by Gasteiger charge is -2.24. The Kier molecular flexibility index (Phi) is 5.42. The van der Waals surface area contributed by atoms with E-state index in [-0.39, 0.29) is 0 Å². The van der Waals surface area contributed by atoms with Crippen LogP contribution in [0.1, 0.15) is 29.0 Å². The second-order valence-corrected chi connectivity index (χ2v) is 6.04. The molecule has 0 aliphatic carbocycles. The molecule has 4 atom stereocenters. The minimum absolute atomic E-state index is 0.325. The van der Waals surface area contributed by atoms with Crippen LogP contribution in [0.2, 0.25) is 0 Å². The van der Waals surface area contributed by atoms with Gasteiger partial charge in [-0.15, -0.1) is 0 Å². The summed E-state index contributed by atoms with van der Waals surface area (Å²) in [5.74, 6) is -1.80. The molecule has 0 amide bonds. The Bertz CT molecular complexity index is 733. The molecule has 1 heterocycles. The van der Waals surface area contributed by atoms with Crippen LogP contribution in [0.15, 0.2) is 18.2 Å². The molecule has 1 aromatic rings. The Morgan fingerprint density at radius 1 is 1.07 bits per heavy atom. The lowest BCUT2D eigenvalue weighted by atomic mass is 9.87. The Labute approximate surface area is 146 Å². The molecule has 1 fully saturated rings. The predicted molar refractivity (Wildman–Crippen MR) is 72.3 cm³/mol. The first-order valence-corrected chi connectivity index (χ1v) is 7.35. The van der Waals surface area contributed by atoms with E-state index in [4.69, 9.17) is 5.26 Å².